The summed E-state index contributed by atoms with van der Waals surface area (Å²) in [6.07, 6.45) is -0.642. The van der Waals surface area contributed by atoms with Gasteiger partial charge < -0.3 is 10.6 Å². The van der Waals surface area contributed by atoms with E-state index in [4.69, 9.17) is 12.2 Å². The molecule has 3 aromatic rings. The maximum absolute atomic E-state index is 13.0. The van der Waals surface area contributed by atoms with Gasteiger partial charge in [0.15, 0.2) is 5.78 Å². The van der Waals surface area contributed by atoms with Crippen LogP contribution in [0.2, 0.25) is 0 Å². The van der Waals surface area contributed by atoms with Crippen LogP contribution in [-0.2, 0) is 23.9 Å². The van der Waals surface area contributed by atoms with E-state index in [1.807, 2.05) is 0 Å². The minimum atomic E-state index is -4.45. The molecule has 178 valence electrons. The lowest BCUT2D eigenvalue weighted by molar-refractivity contribution is -0.137. The van der Waals surface area contributed by atoms with E-state index in [0.717, 1.165) is 29.0 Å². The molecule has 0 saturated carbocycles. The third kappa shape index (κ3) is 5.81. The van der Waals surface area contributed by atoms with Gasteiger partial charge in [-0.25, -0.2) is 0 Å². The molecule has 0 spiro atoms. The predicted molar refractivity (Wildman–Crippen MR) is 131 cm³/mol. The van der Waals surface area contributed by atoms with Crippen molar-refractivity contribution in [2.75, 3.05) is 5.32 Å². The number of anilines is 1. The van der Waals surface area contributed by atoms with Crippen molar-refractivity contribution in [1.29, 1.82) is 0 Å². The number of benzene rings is 2. The molecule has 0 unspecified atom stereocenters. The van der Waals surface area contributed by atoms with Gasteiger partial charge in [0.25, 0.3) is 5.91 Å². The van der Waals surface area contributed by atoms with Crippen LogP contribution in [0.25, 0.3) is 6.08 Å². The second-order valence-electron chi connectivity index (χ2n) is 8.08. The van der Waals surface area contributed by atoms with Gasteiger partial charge >= 0.3 is 6.18 Å². The van der Waals surface area contributed by atoms with Crippen molar-refractivity contribution >= 4 is 40.7 Å². The number of carbonyl (C=O) groups excluding carboxylic acids is 2. The van der Waals surface area contributed by atoms with Crippen LogP contribution in [0.15, 0.2) is 66.4 Å². The summed E-state index contributed by atoms with van der Waals surface area (Å²) in [4.78, 5) is 28.9. The first-order valence-corrected chi connectivity index (χ1v) is 11.1. The molecule has 0 atom stereocenters. The normalized spacial score (nSPS) is 12.5. The minimum absolute atomic E-state index is 0.00783. The number of Topliss-reactive ketones (excluding diaryl/α,β-unsaturated/α-hetero) is 1. The molecule has 9 heteroatoms. The molecule has 35 heavy (non-hydrogen) atoms. The van der Waals surface area contributed by atoms with Crippen molar-refractivity contribution in [3.63, 3.8) is 0 Å². The average molecular weight is 496 g/mol. The molecule has 0 fully saturated rings. The van der Waals surface area contributed by atoms with Crippen LogP contribution in [-0.4, -0.2) is 21.7 Å². The number of hydrogen-bond acceptors (Lipinski definition) is 4. The largest absolute Gasteiger partial charge is 0.416 e. The highest BCUT2D eigenvalue weighted by Gasteiger charge is 2.30. The van der Waals surface area contributed by atoms with Crippen molar-refractivity contribution < 1.29 is 22.8 Å². The fourth-order valence-electron chi connectivity index (χ4n) is 3.64. The summed E-state index contributed by atoms with van der Waals surface area (Å²) in [7, 11) is 0. The smallest absolute Gasteiger partial charge is 0.372 e. The van der Waals surface area contributed by atoms with Crippen LogP contribution in [0.3, 0.4) is 0 Å². The molecule has 1 heterocycles. The highest BCUT2D eigenvalue weighted by atomic mass is 32.1. The summed E-state index contributed by atoms with van der Waals surface area (Å²) in [6, 6.07) is 13.4. The number of aromatic nitrogens is 1. The summed E-state index contributed by atoms with van der Waals surface area (Å²) in [5.74, 6) is -0.352. The summed E-state index contributed by atoms with van der Waals surface area (Å²) in [5, 5.41) is 5.74. The summed E-state index contributed by atoms with van der Waals surface area (Å²) in [6.45, 7) is 1.74. The number of nitrogens with one attached hydrogen (secondary N) is 2. The van der Waals surface area contributed by atoms with E-state index >= 15 is 0 Å². The Hall–Kier alpha value is -3.85. The number of amides is 1. The zero-order chi connectivity index (χ0) is 25.2. The second kappa shape index (κ2) is 9.79. The molecule has 1 aromatic heterocycles. The minimum Gasteiger partial charge on any atom is -0.372 e. The van der Waals surface area contributed by atoms with E-state index in [9.17, 15) is 22.8 Å². The van der Waals surface area contributed by atoms with E-state index < -0.39 is 11.7 Å². The van der Waals surface area contributed by atoms with E-state index in [0.29, 0.717) is 23.2 Å². The van der Waals surface area contributed by atoms with Gasteiger partial charge in [-0.3, -0.25) is 14.6 Å². The van der Waals surface area contributed by atoms with Crippen LogP contribution in [0.4, 0.5) is 18.9 Å². The number of fused-ring (bicyclic) bond motifs is 1. The molecule has 0 radical (unpaired) electrons. The Morgan fingerprint density at radius 1 is 1.06 bits per heavy atom. The standard InChI is InChI=1S/C26H20F3N3O2S/c1-15(33)19-9-20-11-22(14-30-23(20)12-19)32-24(34)17-5-2-4-16(8-17)13-31-25(35)18-6-3-7-21(10-18)26(27,28)29/h2-11,14H,12-13H2,1H3,(H,31,35)(H,32,34). The molecule has 2 aromatic carbocycles. The topological polar surface area (TPSA) is 71.1 Å². The molecule has 1 aliphatic rings. The number of hydrogen-bond donors (Lipinski definition) is 2. The van der Waals surface area contributed by atoms with Crippen LogP contribution in [0.1, 0.15) is 45.2 Å². The molecule has 4 rings (SSSR count). The fourth-order valence-corrected chi connectivity index (χ4v) is 3.84. The number of allylic oxidation sites excluding steroid dienone is 1. The first-order valence-electron chi connectivity index (χ1n) is 10.7. The van der Waals surface area contributed by atoms with Crippen molar-refractivity contribution in [2.45, 2.75) is 26.1 Å². The molecular formula is C26H20F3N3O2S. The number of ketones is 1. The lowest BCUT2D eigenvalue weighted by Crippen LogP contribution is -2.22. The van der Waals surface area contributed by atoms with Crippen LogP contribution in [0, 0.1) is 0 Å². The molecule has 0 bridgehead atoms. The maximum Gasteiger partial charge on any atom is 0.416 e. The lowest BCUT2D eigenvalue weighted by Gasteiger charge is -2.12. The SMILES string of the molecule is CC(=O)C1=Cc2cc(NC(=O)c3cccc(CNC(=S)c4cccc(C(F)(F)F)c4)c3)cnc2C1. The highest BCUT2D eigenvalue weighted by molar-refractivity contribution is 7.80. The molecule has 5 nitrogen and oxygen atoms in total. The second-order valence-corrected chi connectivity index (χ2v) is 8.49. The van der Waals surface area contributed by atoms with E-state index in [1.165, 1.54) is 19.1 Å². The van der Waals surface area contributed by atoms with E-state index in [2.05, 4.69) is 15.6 Å². The van der Waals surface area contributed by atoms with Crippen molar-refractivity contribution in [2.24, 2.45) is 0 Å². The Morgan fingerprint density at radius 3 is 2.54 bits per heavy atom. The Bertz CT molecular complexity index is 1370. The monoisotopic (exact) mass is 495 g/mol. The number of nitrogens with zero attached hydrogens (tertiary/aromatic N) is 1. The Balaban J connectivity index is 1.41. The van der Waals surface area contributed by atoms with Crippen molar-refractivity contribution in [3.05, 3.63) is 99.9 Å². The van der Waals surface area contributed by atoms with E-state index in [1.54, 1.807) is 42.6 Å². The number of halogens is 3. The van der Waals surface area contributed by atoms with Gasteiger partial charge in [0.2, 0.25) is 0 Å². The third-order valence-corrected chi connectivity index (χ3v) is 5.88. The van der Waals surface area contributed by atoms with Crippen molar-refractivity contribution in [1.82, 2.24) is 10.3 Å². The van der Waals surface area contributed by atoms with Gasteiger partial charge in [-0.2, -0.15) is 13.2 Å². The molecular weight excluding hydrogens is 475 g/mol. The fraction of sp³-hybridized carbons (Fsp3) is 0.154. The molecule has 0 aliphatic heterocycles. The number of pyridine rings is 1. The summed E-state index contributed by atoms with van der Waals surface area (Å²) in [5.41, 5.74) is 3.39. The van der Waals surface area contributed by atoms with Crippen LogP contribution >= 0.6 is 12.2 Å². The Morgan fingerprint density at radius 2 is 1.80 bits per heavy atom. The first kappa shape index (κ1) is 24.3. The zero-order valence-electron chi connectivity index (χ0n) is 18.6. The first-order chi connectivity index (χ1) is 16.6. The molecule has 0 saturated heterocycles. The molecule has 1 aliphatic carbocycles. The van der Waals surface area contributed by atoms with E-state index in [-0.39, 0.29) is 28.8 Å². The van der Waals surface area contributed by atoms with Gasteiger partial charge in [-0.15, -0.1) is 0 Å². The van der Waals surface area contributed by atoms with Gasteiger partial charge in [0.05, 0.1) is 23.1 Å². The van der Waals surface area contributed by atoms with Gasteiger partial charge in [-0.1, -0.05) is 36.5 Å². The summed E-state index contributed by atoms with van der Waals surface area (Å²) >= 11 is 5.25. The van der Waals surface area contributed by atoms with Gasteiger partial charge in [0.1, 0.15) is 4.99 Å². The molecule has 1 amide bonds. The van der Waals surface area contributed by atoms with Gasteiger partial charge in [0, 0.05) is 29.7 Å². The Kier molecular flexibility index (Phi) is 6.79. The maximum atomic E-state index is 13.0. The summed E-state index contributed by atoms with van der Waals surface area (Å²) < 4.78 is 38.9. The highest BCUT2D eigenvalue weighted by Crippen LogP contribution is 2.29. The van der Waals surface area contributed by atoms with Gasteiger partial charge in [-0.05, 0) is 54.5 Å². The number of carbonyl (C=O) groups is 2. The van der Waals surface area contributed by atoms with Crippen LogP contribution in [0.5, 0.6) is 0 Å². The Labute approximate surface area is 205 Å². The number of rotatable bonds is 6. The average Bonchev–Trinajstić information content (AvgIpc) is 3.26. The lowest BCUT2D eigenvalue weighted by atomic mass is 10.1. The van der Waals surface area contributed by atoms with Crippen molar-refractivity contribution in [3.8, 4) is 0 Å². The predicted octanol–water partition coefficient (Wildman–Crippen LogP) is 5.35. The third-order valence-electron chi connectivity index (χ3n) is 5.50. The number of alkyl halides is 3. The number of thiocarbonyl (C=S) groups is 1. The zero-order valence-corrected chi connectivity index (χ0v) is 19.4. The molecule has 2 N–H and O–H groups in total. The van der Waals surface area contributed by atoms with Crippen LogP contribution < -0.4 is 10.6 Å². The quantitative estimate of drug-likeness (QED) is 0.452.